The predicted octanol–water partition coefficient (Wildman–Crippen LogP) is 6.34. The van der Waals surface area contributed by atoms with Crippen LogP contribution < -0.4 is 5.32 Å². The Labute approximate surface area is 202 Å². The highest BCUT2D eigenvalue weighted by Crippen LogP contribution is 2.26. The fraction of sp³-hybridized carbons (Fsp3) is 0.115. The molecule has 0 fully saturated rings. The molecule has 0 bridgehead atoms. The molecular weight excluding hydrogens is 457 g/mol. The van der Waals surface area contributed by atoms with Gasteiger partial charge in [0, 0.05) is 38.5 Å². The summed E-state index contributed by atoms with van der Waals surface area (Å²) in [7, 11) is 0. The van der Waals surface area contributed by atoms with E-state index in [9.17, 15) is 9.59 Å². The third-order valence-corrected chi connectivity index (χ3v) is 6.03. The predicted molar refractivity (Wildman–Crippen MR) is 132 cm³/mol. The fourth-order valence-electron chi connectivity index (χ4n) is 3.49. The van der Waals surface area contributed by atoms with Crippen LogP contribution in [-0.4, -0.2) is 21.5 Å². The van der Waals surface area contributed by atoms with Crippen LogP contribution in [0.25, 0.3) is 0 Å². The van der Waals surface area contributed by atoms with E-state index < -0.39 is 5.91 Å². The molecule has 0 saturated heterocycles. The lowest BCUT2D eigenvalue weighted by atomic mass is 9.97. The van der Waals surface area contributed by atoms with Gasteiger partial charge in [0.2, 0.25) is 0 Å². The number of carbonyl (C=O) groups is 2. The largest absolute Gasteiger partial charge is 0.305 e. The Morgan fingerprint density at radius 3 is 2.18 bits per heavy atom. The van der Waals surface area contributed by atoms with Gasteiger partial charge in [0.25, 0.3) is 5.91 Å². The number of nitrogens with zero attached hydrogens (tertiary/aromatic N) is 2. The molecule has 0 saturated carbocycles. The second-order valence-corrected chi connectivity index (χ2v) is 8.54. The van der Waals surface area contributed by atoms with Crippen LogP contribution in [0.3, 0.4) is 0 Å². The number of aromatic nitrogens is 2. The summed E-state index contributed by atoms with van der Waals surface area (Å²) in [6.07, 6.45) is 0. The first-order chi connectivity index (χ1) is 15.8. The maximum atomic E-state index is 13.1. The van der Waals surface area contributed by atoms with Gasteiger partial charge in [-0.25, -0.2) is 0 Å². The minimum atomic E-state index is -0.411. The molecule has 1 heterocycles. The molecule has 4 rings (SSSR count). The fourth-order valence-corrected chi connectivity index (χ4v) is 4.00. The van der Waals surface area contributed by atoms with E-state index in [-0.39, 0.29) is 11.3 Å². The number of rotatable bonds is 6. The molecule has 5 nitrogen and oxygen atoms in total. The van der Waals surface area contributed by atoms with Gasteiger partial charge in [-0.15, -0.1) is 0 Å². The monoisotopic (exact) mass is 477 g/mol. The van der Waals surface area contributed by atoms with Crippen LogP contribution in [0.2, 0.25) is 10.0 Å². The molecule has 1 N–H and O–H groups in total. The Morgan fingerprint density at radius 2 is 1.52 bits per heavy atom. The molecule has 4 aromatic rings. The third kappa shape index (κ3) is 5.00. The first-order valence-corrected chi connectivity index (χ1v) is 11.1. The number of amides is 1. The number of carbonyl (C=O) groups excluding carboxylic acids is 2. The van der Waals surface area contributed by atoms with Crippen LogP contribution in [0.1, 0.15) is 43.1 Å². The summed E-state index contributed by atoms with van der Waals surface area (Å²) in [6.45, 7) is 4.20. The van der Waals surface area contributed by atoms with Gasteiger partial charge in [0.05, 0.1) is 12.1 Å². The second kappa shape index (κ2) is 9.61. The van der Waals surface area contributed by atoms with Crippen molar-refractivity contribution in [2.45, 2.75) is 20.4 Å². The summed E-state index contributed by atoms with van der Waals surface area (Å²) in [4.78, 5) is 26.1. The number of hydrogen-bond acceptors (Lipinski definition) is 3. The molecule has 0 unspecified atom stereocenters. The van der Waals surface area contributed by atoms with Crippen molar-refractivity contribution in [2.24, 2.45) is 0 Å². The zero-order valence-corrected chi connectivity index (χ0v) is 19.6. The van der Waals surface area contributed by atoms with Crippen LogP contribution in [-0.2, 0) is 6.54 Å². The van der Waals surface area contributed by atoms with Gasteiger partial charge in [-0.2, -0.15) is 5.10 Å². The Bertz CT molecular complexity index is 1320. The summed E-state index contributed by atoms with van der Waals surface area (Å²) in [5, 5.41) is 8.37. The molecule has 0 aliphatic carbocycles. The van der Waals surface area contributed by atoms with Crippen molar-refractivity contribution in [3.8, 4) is 0 Å². The normalized spacial score (nSPS) is 10.8. The summed E-state index contributed by atoms with van der Waals surface area (Å²) >= 11 is 12.6. The molecule has 0 atom stereocenters. The molecule has 0 aliphatic heterocycles. The number of ketones is 1. The van der Waals surface area contributed by atoms with Crippen molar-refractivity contribution in [3.05, 3.63) is 116 Å². The zero-order chi connectivity index (χ0) is 23.5. The number of aryl methyl sites for hydroxylation is 2. The van der Waals surface area contributed by atoms with Crippen molar-refractivity contribution in [1.82, 2.24) is 9.78 Å². The lowest BCUT2D eigenvalue weighted by molar-refractivity contribution is 0.0996. The van der Waals surface area contributed by atoms with E-state index in [2.05, 4.69) is 10.4 Å². The van der Waals surface area contributed by atoms with E-state index in [1.807, 2.05) is 26.0 Å². The maximum absolute atomic E-state index is 13.1. The lowest BCUT2D eigenvalue weighted by Crippen LogP contribution is -2.17. The second-order valence-electron chi connectivity index (χ2n) is 7.72. The van der Waals surface area contributed by atoms with Gasteiger partial charge in [0.1, 0.15) is 0 Å². The topological polar surface area (TPSA) is 64.0 Å². The smallest absolute Gasteiger partial charge is 0.257 e. The summed E-state index contributed by atoms with van der Waals surface area (Å²) < 4.78 is 1.71. The molecule has 166 valence electrons. The highest BCUT2D eigenvalue weighted by Gasteiger charge is 2.19. The van der Waals surface area contributed by atoms with Crippen molar-refractivity contribution in [2.75, 3.05) is 5.32 Å². The van der Waals surface area contributed by atoms with Crippen LogP contribution in [0.5, 0.6) is 0 Å². The number of anilines is 1. The van der Waals surface area contributed by atoms with E-state index in [1.165, 1.54) is 0 Å². The van der Waals surface area contributed by atoms with E-state index >= 15 is 0 Å². The van der Waals surface area contributed by atoms with Gasteiger partial charge in [-0.1, -0.05) is 77.3 Å². The third-order valence-electron chi connectivity index (χ3n) is 5.32. The van der Waals surface area contributed by atoms with Gasteiger partial charge < -0.3 is 5.32 Å². The van der Waals surface area contributed by atoms with Gasteiger partial charge >= 0.3 is 0 Å². The quantitative estimate of drug-likeness (QED) is 0.329. The molecule has 0 aliphatic rings. The van der Waals surface area contributed by atoms with E-state index in [0.29, 0.717) is 33.5 Å². The number of benzene rings is 3. The van der Waals surface area contributed by atoms with Gasteiger partial charge in [-0.3, -0.25) is 14.3 Å². The number of nitrogens with one attached hydrogen (secondary N) is 1. The molecule has 3 aromatic carbocycles. The first-order valence-electron chi connectivity index (χ1n) is 10.3. The number of hydrogen-bond donors (Lipinski definition) is 1. The highest BCUT2D eigenvalue weighted by molar-refractivity contribution is 6.36. The highest BCUT2D eigenvalue weighted by atomic mass is 35.5. The maximum Gasteiger partial charge on any atom is 0.257 e. The number of halogens is 2. The van der Waals surface area contributed by atoms with Crippen molar-refractivity contribution >= 4 is 40.7 Å². The van der Waals surface area contributed by atoms with Crippen molar-refractivity contribution in [3.63, 3.8) is 0 Å². The van der Waals surface area contributed by atoms with E-state index in [4.69, 9.17) is 23.2 Å². The Hall–Kier alpha value is -3.41. The molecule has 0 radical (unpaired) electrons. The lowest BCUT2D eigenvalue weighted by Gasteiger charge is -2.09. The Balaban J connectivity index is 1.57. The molecule has 7 heteroatoms. The van der Waals surface area contributed by atoms with Crippen LogP contribution >= 0.6 is 23.2 Å². The molecule has 1 aromatic heterocycles. The van der Waals surface area contributed by atoms with Crippen LogP contribution in [0, 0.1) is 13.8 Å². The standard InChI is InChI=1S/C26H21Cl2N3O2/c1-16-10-12-18(13-11-16)25(32)19-6-3-4-7-20(19)26(33)29-24-14-17(2)31(30-24)15-21-22(27)8-5-9-23(21)28/h3-14H,15H2,1-2H3,(H,29,30,33). The Kier molecular flexibility index (Phi) is 6.63. The summed E-state index contributed by atoms with van der Waals surface area (Å²) in [6, 6.07) is 21.1. The first kappa shape index (κ1) is 22.8. The average molecular weight is 478 g/mol. The molecule has 0 spiro atoms. The molecule has 1 amide bonds. The molecule has 33 heavy (non-hydrogen) atoms. The van der Waals surface area contributed by atoms with Gasteiger partial charge in [0.15, 0.2) is 11.6 Å². The van der Waals surface area contributed by atoms with E-state index in [1.54, 1.807) is 65.3 Å². The zero-order valence-electron chi connectivity index (χ0n) is 18.1. The van der Waals surface area contributed by atoms with Crippen LogP contribution in [0.4, 0.5) is 5.82 Å². The SMILES string of the molecule is Cc1ccc(C(=O)c2ccccc2C(=O)Nc2cc(C)n(Cc3c(Cl)cccc3Cl)n2)cc1. The minimum Gasteiger partial charge on any atom is -0.305 e. The van der Waals surface area contributed by atoms with Crippen molar-refractivity contribution < 1.29 is 9.59 Å². The summed E-state index contributed by atoms with van der Waals surface area (Å²) in [5.41, 5.74) is 3.77. The average Bonchev–Trinajstić information content (AvgIpc) is 3.14. The van der Waals surface area contributed by atoms with E-state index in [0.717, 1.165) is 16.8 Å². The summed E-state index contributed by atoms with van der Waals surface area (Å²) in [5.74, 6) is -0.249. The molecular formula is C26H21Cl2N3O2. The van der Waals surface area contributed by atoms with Crippen LogP contribution in [0.15, 0.2) is 72.8 Å². The van der Waals surface area contributed by atoms with Gasteiger partial charge in [-0.05, 0) is 32.0 Å². The van der Waals surface area contributed by atoms with Crippen molar-refractivity contribution in [1.29, 1.82) is 0 Å². The Morgan fingerprint density at radius 1 is 0.879 bits per heavy atom. The minimum absolute atomic E-state index is 0.212.